The summed E-state index contributed by atoms with van der Waals surface area (Å²) in [7, 11) is 0. The molecule has 2 aliphatic heterocycles. The van der Waals surface area contributed by atoms with Crippen LogP contribution in [0.15, 0.2) is 0 Å². The summed E-state index contributed by atoms with van der Waals surface area (Å²) in [6.07, 6.45) is 11.6. The fourth-order valence-electron chi connectivity index (χ4n) is 4.84. The number of nitrogens with one attached hydrogen (secondary N) is 1. The molecule has 2 saturated heterocycles. The zero-order valence-electron chi connectivity index (χ0n) is 12.9. The summed E-state index contributed by atoms with van der Waals surface area (Å²) in [5.41, 5.74) is 0.614. The molecule has 4 rings (SSSR count). The normalized spacial score (nSPS) is 34.5. The molecule has 0 radical (unpaired) electrons. The highest BCUT2D eigenvalue weighted by Crippen LogP contribution is 2.39. The molecule has 3 nitrogen and oxygen atoms in total. The summed E-state index contributed by atoms with van der Waals surface area (Å²) in [5, 5.41) is 3.84. The molecule has 1 N–H and O–H groups in total. The zero-order chi connectivity index (χ0) is 13.4. The van der Waals surface area contributed by atoms with Crippen LogP contribution in [0.5, 0.6) is 0 Å². The molecule has 2 saturated carbocycles. The van der Waals surface area contributed by atoms with Crippen LogP contribution in [-0.2, 0) is 0 Å². The first-order valence-corrected chi connectivity index (χ1v) is 9.03. The molecule has 1 atom stereocenters. The minimum atomic E-state index is 0.614. The Kier molecular flexibility index (Phi) is 3.78. The maximum absolute atomic E-state index is 3.84. The first-order valence-electron chi connectivity index (χ1n) is 9.03. The van der Waals surface area contributed by atoms with Crippen molar-refractivity contribution in [2.45, 2.75) is 63.5 Å². The molecule has 4 fully saturated rings. The molecule has 20 heavy (non-hydrogen) atoms. The maximum Gasteiger partial charge on any atom is 0.0224 e. The van der Waals surface area contributed by atoms with Gasteiger partial charge in [0.1, 0.15) is 0 Å². The Hall–Kier alpha value is -0.120. The van der Waals surface area contributed by atoms with E-state index < -0.39 is 0 Å². The fourth-order valence-corrected chi connectivity index (χ4v) is 4.84. The number of hydrogen-bond donors (Lipinski definition) is 1. The zero-order valence-corrected chi connectivity index (χ0v) is 12.9. The lowest BCUT2D eigenvalue weighted by Crippen LogP contribution is -2.53. The lowest BCUT2D eigenvalue weighted by molar-refractivity contribution is 0.0649. The summed E-state index contributed by atoms with van der Waals surface area (Å²) >= 11 is 0. The van der Waals surface area contributed by atoms with Gasteiger partial charge in [0, 0.05) is 44.8 Å². The van der Waals surface area contributed by atoms with Gasteiger partial charge in [0.25, 0.3) is 0 Å². The van der Waals surface area contributed by atoms with E-state index in [4.69, 9.17) is 0 Å². The van der Waals surface area contributed by atoms with Crippen LogP contribution in [-0.4, -0.2) is 61.2 Å². The minimum absolute atomic E-state index is 0.614. The monoisotopic (exact) mass is 277 g/mol. The van der Waals surface area contributed by atoms with Gasteiger partial charge in [0.2, 0.25) is 0 Å². The van der Waals surface area contributed by atoms with Crippen LogP contribution < -0.4 is 5.32 Å². The van der Waals surface area contributed by atoms with E-state index in [1.807, 2.05) is 0 Å². The first kappa shape index (κ1) is 13.5. The summed E-state index contributed by atoms with van der Waals surface area (Å²) in [6.45, 7) is 8.04. The first-order chi connectivity index (χ1) is 9.83. The van der Waals surface area contributed by atoms with E-state index in [9.17, 15) is 0 Å². The van der Waals surface area contributed by atoms with Crippen molar-refractivity contribution in [1.82, 2.24) is 15.1 Å². The average molecular weight is 277 g/mol. The van der Waals surface area contributed by atoms with E-state index in [2.05, 4.69) is 15.1 Å². The summed E-state index contributed by atoms with van der Waals surface area (Å²) in [6, 6.07) is 1.76. The van der Waals surface area contributed by atoms with Crippen LogP contribution in [0.2, 0.25) is 0 Å². The van der Waals surface area contributed by atoms with Gasteiger partial charge in [-0.3, -0.25) is 9.80 Å². The van der Waals surface area contributed by atoms with Crippen molar-refractivity contribution in [3.05, 3.63) is 0 Å². The molecule has 114 valence electrons. The van der Waals surface area contributed by atoms with Crippen molar-refractivity contribution in [1.29, 1.82) is 0 Å². The standard InChI is InChI=1S/C17H31N3/c1-2-8-17(7-1,13-18-15-5-6-15)14-19-10-11-20-9-3-4-16(20)12-19/h15-16,18H,1-14H2. The van der Waals surface area contributed by atoms with E-state index in [-0.39, 0.29) is 0 Å². The number of hydrogen-bond acceptors (Lipinski definition) is 3. The van der Waals surface area contributed by atoms with Crippen molar-refractivity contribution in [3.63, 3.8) is 0 Å². The van der Waals surface area contributed by atoms with Crippen molar-refractivity contribution >= 4 is 0 Å². The summed E-state index contributed by atoms with van der Waals surface area (Å²) in [4.78, 5) is 5.55. The lowest BCUT2D eigenvalue weighted by Gasteiger charge is -2.42. The second-order valence-electron chi connectivity index (χ2n) is 7.93. The van der Waals surface area contributed by atoms with Crippen molar-refractivity contribution in [2.24, 2.45) is 5.41 Å². The molecule has 0 amide bonds. The van der Waals surface area contributed by atoms with E-state index in [1.165, 1.54) is 90.6 Å². The third-order valence-electron chi connectivity index (χ3n) is 6.24. The van der Waals surface area contributed by atoms with Gasteiger partial charge in [-0.2, -0.15) is 0 Å². The second-order valence-corrected chi connectivity index (χ2v) is 7.93. The lowest BCUT2D eigenvalue weighted by atomic mass is 9.85. The quantitative estimate of drug-likeness (QED) is 0.830. The molecule has 0 aromatic rings. The molecular formula is C17H31N3. The van der Waals surface area contributed by atoms with Gasteiger partial charge in [-0.05, 0) is 50.5 Å². The number of piperazine rings is 1. The SMILES string of the molecule is C1CC2CN(CC3(CNC4CC4)CCCC3)CCN2C1. The predicted molar refractivity (Wildman–Crippen MR) is 83.0 cm³/mol. The van der Waals surface area contributed by atoms with E-state index in [0.717, 1.165) is 12.1 Å². The Morgan fingerprint density at radius 2 is 1.80 bits per heavy atom. The van der Waals surface area contributed by atoms with Gasteiger partial charge >= 0.3 is 0 Å². The van der Waals surface area contributed by atoms with Crippen LogP contribution in [0.3, 0.4) is 0 Å². The highest BCUT2D eigenvalue weighted by Gasteiger charge is 2.39. The Labute approximate surface area is 124 Å². The molecule has 2 aliphatic carbocycles. The smallest absolute Gasteiger partial charge is 0.0224 e. The topological polar surface area (TPSA) is 18.5 Å². The van der Waals surface area contributed by atoms with Gasteiger partial charge in [0.05, 0.1) is 0 Å². The largest absolute Gasteiger partial charge is 0.313 e. The third kappa shape index (κ3) is 2.90. The second kappa shape index (κ2) is 5.58. The molecule has 0 spiro atoms. The Bertz CT molecular complexity index is 333. The third-order valence-corrected chi connectivity index (χ3v) is 6.24. The molecule has 2 heterocycles. The van der Waals surface area contributed by atoms with Crippen LogP contribution in [0.1, 0.15) is 51.4 Å². The molecule has 1 unspecified atom stereocenters. The predicted octanol–water partition coefficient (Wildman–Crippen LogP) is 2.08. The fraction of sp³-hybridized carbons (Fsp3) is 1.00. The molecule has 0 bridgehead atoms. The van der Waals surface area contributed by atoms with Crippen LogP contribution in [0, 0.1) is 5.41 Å². The number of nitrogens with zero attached hydrogens (tertiary/aromatic N) is 2. The summed E-state index contributed by atoms with van der Waals surface area (Å²) < 4.78 is 0. The van der Waals surface area contributed by atoms with Crippen molar-refractivity contribution in [3.8, 4) is 0 Å². The van der Waals surface area contributed by atoms with Gasteiger partial charge in [0.15, 0.2) is 0 Å². The summed E-state index contributed by atoms with van der Waals surface area (Å²) in [5.74, 6) is 0. The molecule has 4 aliphatic rings. The Morgan fingerprint density at radius 3 is 2.60 bits per heavy atom. The van der Waals surface area contributed by atoms with Gasteiger partial charge < -0.3 is 5.32 Å². The van der Waals surface area contributed by atoms with Crippen LogP contribution in [0.25, 0.3) is 0 Å². The molecule has 3 heteroatoms. The molecule has 0 aromatic heterocycles. The number of rotatable bonds is 5. The van der Waals surface area contributed by atoms with E-state index in [1.54, 1.807) is 0 Å². The van der Waals surface area contributed by atoms with Crippen LogP contribution in [0.4, 0.5) is 0 Å². The Balaban J connectivity index is 1.34. The van der Waals surface area contributed by atoms with Crippen LogP contribution >= 0.6 is 0 Å². The van der Waals surface area contributed by atoms with Crippen molar-refractivity contribution < 1.29 is 0 Å². The van der Waals surface area contributed by atoms with Crippen molar-refractivity contribution in [2.75, 3.05) is 39.3 Å². The van der Waals surface area contributed by atoms with Gasteiger partial charge in [-0.25, -0.2) is 0 Å². The van der Waals surface area contributed by atoms with E-state index >= 15 is 0 Å². The maximum atomic E-state index is 3.84. The average Bonchev–Trinajstić information content (AvgIpc) is 2.98. The Morgan fingerprint density at radius 1 is 0.950 bits per heavy atom. The van der Waals surface area contributed by atoms with Gasteiger partial charge in [-0.15, -0.1) is 0 Å². The highest BCUT2D eigenvalue weighted by molar-refractivity contribution is 4.95. The minimum Gasteiger partial charge on any atom is -0.313 e. The molecule has 0 aromatic carbocycles. The van der Waals surface area contributed by atoms with Gasteiger partial charge in [-0.1, -0.05) is 12.8 Å². The highest BCUT2D eigenvalue weighted by atomic mass is 15.3. The van der Waals surface area contributed by atoms with E-state index in [0.29, 0.717) is 5.41 Å². The number of fused-ring (bicyclic) bond motifs is 1. The molecular weight excluding hydrogens is 246 g/mol.